The molecule has 3 aromatic rings. The van der Waals surface area contributed by atoms with Crippen LogP contribution >= 0.6 is 0 Å². The molecule has 1 aliphatic heterocycles. The zero-order valence-electron chi connectivity index (χ0n) is 16.9. The molecule has 0 bridgehead atoms. The molecule has 8 heteroatoms. The Morgan fingerprint density at radius 2 is 1.65 bits per heavy atom. The molecule has 3 N–H and O–H groups in total. The molecule has 1 amide bonds. The first-order chi connectivity index (χ1) is 14.8. The molecule has 3 aromatic carbocycles. The third-order valence-electron chi connectivity index (χ3n) is 5.06. The van der Waals surface area contributed by atoms with Crippen molar-refractivity contribution in [3.8, 4) is 0 Å². The van der Waals surface area contributed by atoms with Gasteiger partial charge in [-0.2, -0.15) is 5.10 Å². The van der Waals surface area contributed by atoms with Crippen molar-refractivity contribution in [2.75, 3.05) is 10.3 Å². The van der Waals surface area contributed by atoms with Gasteiger partial charge in [0, 0.05) is 19.0 Å². The van der Waals surface area contributed by atoms with E-state index in [1.165, 1.54) is 19.1 Å². The van der Waals surface area contributed by atoms with Crippen LogP contribution in [0.2, 0.25) is 0 Å². The van der Waals surface area contributed by atoms with Gasteiger partial charge in [0.1, 0.15) is 0 Å². The number of hydrogen-bond acceptors (Lipinski definition) is 5. The van der Waals surface area contributed by atoms with Gasteiger partial charge in [0.25, 0.3) is 0 Å². The number of rotatable bonds is 5. The standard InChI is InChI=1S/C23H22N4O3S/c1-16(28)25-19-9-7-18(8-10-19)23-15-22(17-5-3-2-4-6-17)26-27(23)20-11-13-21(14-12-20)31(24,29)30/h2-14,23H,15H2,1H3,(H,25,28)(H2,24,29,30). The van der Waals surface area contributed by atoms with Crippen LogP contribution in [0.4, 0.5) is 11.4 Å². The zero-order chi connectivity index (χ0) is 22.0. The quantitative estimate of drug-likeness (QED) is 0.639. The van der Waals surface area contributed by atoms with Crippen LogP contribution in [0.15, 0.2) is 88.9 Å². The second kappa shape index (κ2) is 8.33. The number of amides is 1. The highest BCUT2D eigenvalue weighted by atomic mass is 32.2. The lowest BCUT2D eigenvalue weighted by atomic mass is 9.98. The number of carbonyl (C=O) groups is 1. The van der Waals surface area contributed by atoms with Gasteiger partial charge in [-0.1, -0.05) is 42.5 Å². The minimum absolute atomic E-state index is 0.0546. The van der Waals surface area contributed by atoms with E-state index in [2.05, 4.69) is 5.32 Å². The molecular formula is C23H22N4O3S. The van der Waals surface area contributed by atoms with Crippen LogP contribution < -0.4 is 15.5 Å². The van der Waals surface area contributed by atoms with E-state index in [-0.39, 0.29) is 16.8 Å². The lowest BCUT2D eigenvalue weighted by Gasteiger charge is -2.24. The van der Waals surface area contributed by atoms with Crippen molar-refractivity contribution in [1.29, 1.82) is 0 Å². The van der Waals surface area contributed by atoms with Crippen LogP contribution in [0.3, 0.4) is 0 Å². The summed E-state index contributed by atoms with van der Waals surface area (Å²) in [5.41, 5.74) is 4.48. The first-order valence-corrected chi connectivity index (χ1v) is 11.3. The maximum Gasteiger partial charge on any atom is 0.238 e. The molecule has 0 aliphatic carbocycles. The average Bonchev–Trinajstić information content (AvgIpc) is 3.19. The Labute approximate surface area is 181 Å². The molecule has 1 atom stereocenters. The van der Waals surface area contributed by atoms with Crippen LogP contribution in [0.5, 0.6) is 0 Å². The molecule has 31 heavy (non-hydrogen) atoms. The monoisotopic (exact) mass is 434 g/mol. The Morgan fingerprint density at radius 1 is 1.00 bits per heavy atom. The first kappa shape index (κ1) is 20.8. The number of hydrogen-bond donors (Lipinski definition) is 2. The summed E-state index contributed by atoms with van der Waals surface area (Å²) < 4.78 is 23.2. The number of primary sulfonamides is 1. The number of benzene rings is 3. The van der Waals surface area contributed by atoms with Crippen LogP contribution in [-0.2, 0) is 14.8 Å². The van der Waals surface area contributed by atoms with Crippen molar-refractivity contribution in [2.24, 2.45) is 10.2 Å². The molecule has 0 saturated carbocycles. The SMILES string of the molecule is CC(=O)Nc1ccc(C2CC(c3ccccc3)=NN2c2ccc(S(N)(=O)=O)cc2)cc1. The van der Waals surface area contributed by atoms with Crippen LogP contribution in [0.25, 0.3) is 0 Å². The van der Waals surface area contributed by atoms with Crippen molar-refractivity contribution in [3.63, 3.8) is 0 Å². The molecule has 1 unspecified atom stereocenters. The molecule has 0 aromatic heterocycles. The Bertz CT molecular complexity index is 1220. The Hall–Kier alpha value is -3.49. The van der Waals surface area contributed by atoms with E-state index >= 15 is 0 Å². The number of nitrogens with one attached hydrogen (secondary N) is 1. The average molecular weight is 435 g/mol. The fourth-order valence-corrected chi connectivity index (χ4v) is 4.11. The molecule has 0 saturated heterocycles. The predicted octanol–water partition coefficient (Wildman–Crippen LogP) is 3.65. The second-order valence-electron chi connectivity index (χ2n) is 7.32. The zero-order valence-corrected chi connectivity index (χ0v) is 17.7. The number of anilines is 2. The maximum absolute atomic E-state index is 11.6. The largest absolute Gasteiger partial charge is 0.326 e. The summed E-state index contributed by atoms with van der Waals surface area (Å²) in [6.45, 7) is 1.47. The fourth-order valence-electron chi connectivity index (χ4n) is 3.59. The van der Waals surface area contributed by atoms with E-state index in [4.69, 9.17) is 10.2 Å². The summed E-state index contributed by atoms with van der Waals surface area (Å²) in [7, 11) is -3.77. The van der Waals surface area contributed by atoms with Gasteiger partial charge in [0.15, 0.2) is 0 Å². The number of carbonyl (C=O) groups excluding carboxylic acids is 1. The molecule has 158 valence electrons. The highest BCUT2D eigenvalue weighted by Gasteiger charge is 2.30. The number of nitrogens with two attached hydrogens (primary N) is 1. The van der Waals surface area contributed by atoms with E-state index in [0.29, 0.717) is 6.42 Å². The van der Waals surface area contributed by atoms with Gasteiger partial charge < -0.3 is 5.32 Å². The van der Waals surface area contributed by atoms with Crippen molar-refractivity contribution >= 4 is 33.0 Å². The van der Waals surface area contributed by atoms with Crippen LogP contribution in [0, 0.1) is 0 Å². The van der Waals surface area contributed by atoms with Gasteiger partial charge in [-0.15, -0.1) is 0 Å². The van der Waals surface area contributed by atoms with Gasteiger partial charge in [-0.3, -0.25) is 9.80 Å². The van der Waals surface area contributed by atoms with E-state index in [1.807, 2.05) is 59.6 Å². The fraction of sp³-hybridized carbons (Fsp3) is 0.130. The third kappa shape index (κ3) is 4.65. The molecule has 1 aliphatic rings. The summed E-state index contributed by atoms with van der Waals surface area (Å²) in [6, 6.07) is 23.9. The molecule has 0 radical (unpaired) electrons. The Morgan fingerprint density at radius 3 is 2.23 bits per heavy atom. The summed E-state index contributed by atoms with van der Waals surface area (Å²) in [5.74, 6) is -0.125. The van der Waals surface area contributed by atoms with Gasteiger partial charge in [0.2, 0.25) is 15.9 Å². The summed E-state index contributed by atoms with van der Waals surface area (Å²) in [4.78, 5) is 11.4. The van der Waals surface area contributed by atoms with Crippen molar-refractivity contribution in [2.45, 2.75) is 24.3 Å². The first-order valence-electron chi connectivity index (χ1n) is 9.74. The van der Waals surface area contributed by atoms with E-state index < -0.39 is 10.0 Å². The van der Waals surface area contributed by atoms with Gasteiger partial charge in [0.05, 0.1) is 22.3 Å². The number of sulfonamides is 1. The molecule has 7 nitrogen and oxygen atoms in total. The maximum atomic E-state index is 11.6. The minimum Gasteiger partial charge on any atom is -0.326 e. The second-order valence-corrected chi connectivity index (χ2v) is 8.88. The smallest absolute Gasteiger partial charge is 0.238 e. The van der Waals surface area contributed by atoms with Crippen molar-refractivity contribution in [3.05, 3.63) is 90.0 Å². The van der Waals surface area contributed by atoms with Crippen molar-refractivity contribution < 1.29 is 13.2 Å². The van der Waals surface area contributed by atoms with E-state index in [0.717, 1.165) is 28.2 Å². The predicted molar refractivity (Wildman–Crippen MR) is 121 cm³/mol. The lowest BCUT2D eigenvalue weighted by Crippen LogP contribution is -2.19. The third-order valence-corrected chi connectivity index (χ3v) is 5.99. The van der Waals surface area contributed by atoms with Crippen LogP contribution in [-0.4, -0.2) is 20.0 Å². The molecule has 0 fully saturated rings. The van der Waals surface area contributed by atoms with Gasteiger partial charge >= 0.3 is 0 Å². The van der Waals surface area contributed by atoms with Crippen molar-refractivity contribution in [1.82, 2.24) is 0 Å². The van der Waals surface area contributed by atoms with Gasteiger partial charge in [-0.05, 0) is 47.5 Å². The molecule has 4 rings (SSSR count). The molecular weight excluding hydrogens is 412 g/mol. The normalized spacial score (nSPS) is 16.1. The minimum atomic E-state index is -3.77. The topological polar surface area (TPSA) is 105 Å². The van der Waals surface area contributed by atoms with Gasteiger partial charge in [-0.25, -0.2) is 13.6 Å². The molecule has 1 heterocycles. The Kier molecular flexibility index (Phi) is 5.58. The highest BCUT2D eigenvalue weighted by molar-refractivity contribution is 7.89. The summed E-state index contributed by atoms with van der Waals surface area (Å²) >= 11 is 0. The number of hydrazone groups is 1. The summed E-state index contributed by atoms with van der Waals surface area (Å²) in [6.07, 6.45) is 0.681. The molecule has 0 spiro atoms. The van der Waals surface area contributed by atoms with E-state index in [1.54, 1.807) is 12.1 Å². The summed E-state index contributed by atoms with van der Waals surface area (Å²) in [5, 5.41) is 14.7. The van der Waals surface area contributed by atoms with E-state index in [9.17, 15) is 13.2 Å². The number of nitrogens with zero attached hydrogens (tertiary/aromatic N) is 2. The Balaban J connectivity index is 1.70. The highest BCUT2D eigenvalue weighted by Crippen LogP contribution is 2.37. The lowest BCUT2D eigenvalue weighted by molar-refractivity contribution is -0.114. The van der Waals surface area contributed by atoms with Crippen LogP contribution in [0.1, 0.15) is 30.5 Å².